The number of nitrogens with one attached hydrogen (secondary N) is 1. The number of likely N-dealkylation sites (N-methyl/N-ethyl adjacent to an activating group) is 1. The third-order valence-electron chi connectivity index (χ3n) is 4.16. The predicted molar refractivity (Wildman–Crippen MR) is 90.0 cm³/mol. The van der Waals surface area contributed by atoms with Gasteiger partial charge in [0.15, 0.2) is 0 Å². The summed E-state index contributed by atoms with van der Waals surface area (Å²) in [5.74, 6) is 1.09. The van der Waals surface area contributed by atoms with Crippen LogP contribution in [0, 0.1) is 6.92 Å². The van der Waals surface area contributed by atoms with Gasteiger partial charge in [0.1, 0.15) is 5.75 Å². The van der Waals surface area contributed by atoms with E-state index in [0.29, 0.717) is 6.04 Å². The first kappa shape index (κ1) is 14.6. The number of fused-ring (bicyclic) bond motifs is 1. The van der Waals surface area contributed by atoms with Crippen LogP contribution in [0.25, 0.3) is 0 Å². The second-order valence-electron chi connectivity index (χ2n) is 5.55. The quantitative estimate of drug-likeness (QED) is 0.896. The number of halogens is 1. The molecule has 0 fully saturated rings. The lowest BCUT2D eigenvalue weighted by atomic mass is 9.94. The van der Waals surface area contributed by atoms with Crippen molar-refractivity contribution in [2.24, 2.45) is 0 Å². The van der Waals surface area contributed by atoms with Gasteiger partial charge in [-0.25, -0.2) is 0 Å². The van der Waals surface area contributed by atoms with Crippen LogP contribution in [0.5, 0.6) is 5.75 Å². The fourth-order valence-electron chi connectivity index (χ4n) is 3.06. The second-order valence-corrected chi connectivity index (χ2v) is 6.47. The molecule has 1 aliphatic rings. The highest BCUT2D eigenvalue weighted by Gasteiger charge is 2.21. The zero-order valence-electron chi connectivity index (χ0n) is 12.4. The summed E-state index contributed by atoms with van der Waals surface area (Å²) in [5.41, 5.74) is 5.27. The van der Waals surface area contributed by atoms with Crippen molar-refractivity contribution in [1.82, 2.24) is 5.32 Å². The van der Waals surface area contributed by atoms with Crippen LogP contribution < -0.4 is 10.1 Å². The van der Waals surface area contributed by atoms with Crippen LogP contribution in [0.15, 0.2) is 40.9 Å². The molecule has 2 aromatic carbocycles. The van der Waals surface area contributed by atoms with Crippen molar-refractivity contribution in [3.05, 3.63) is 63.1 Å². The van der Waals surface area contributed by atoms with Crippen molar-refractivity contribution >= 4 is 15.9 Å². The normalized spacial score (nSPS) is 14.6. The van der Waals surface area contributed by atoms with E-state index in [2.05, 4.69) is 64.6 Å². The lowest BCUT2D eigenvalue weighted by Crippen LogP contribution is -2.20. The van der Waals surface area contributed by atoms with E-state index in [1.54, 1.807) is 0 Å². The van der Waals surface area contributed by atoms with E-state index in [4.69, 9.17) is 4.74 Å². The van der Waals surface area contributed by atoms with Gasteiger partial charge in [0.05, 0.1) is 6.61 Å². The van der Waals surface area contributed by atoms with Crippen molar-refractivity contribution in [1.29, 1.82) is 0 Å². The molecular formula is C18H20BrNO. The van der Waals surface area contributed by atoms with Gasteiger partial charge >= 0.3 is 0 Å². The molecule has 3 rings (SSSR count). The molecule has 0 aromatic heterocycles. The van der Waals surface area contributed by atoms with Gasteiger partial charge in [-0.2, -0.15) is 0 Å². The van der Waals surface area contributed by atoms with Crippen molar-refractivity contribution in [2.75, 3.05) is 13.7 Å². The summed E-state index contributed by atoms with van der Waals surface area (Å²) in [5, 5.41) is 3.45. The first-order valence-electron chi connectivity index (χ1n) is 7.36. The number of ether oxygens (including phenoxy) is 1. The van der Waals surface area contributed by atoms with Crippen LogP contribution >= 0.6 is 15.9 Å². The molecule has 0 amide bonds. The van der Waals surface area contributed by atoms with Gasteiger partial charge < -0.3 is 10.1 Å². The van der Waals surface area contributed by atoms with Gasteiger partial charge in [0.25, 0.3) is 0 Å². The molecule has 1 atom stereocenters. The van der Waals surface area contributed by atoms with Gasteiger partial charge in [0.2, 0.25) is 0 Å². The van der Waals surface area contributed by atoms with E-state index in [0.717, 1.165) is 29.7 Å². The Balaban J connectivity index is 1.94. The molecule has 110 valence electrons. The zero-order valence-corrected chi connectivity index (χ0v) is 14.0. The minimum atomic E-state index is 0.300. The molecule has 21 heavy (non-hydrogen) atoms. The van der Waals surface area contributed by atoms with Crippen LogP contribution in [0.2, 0.25) is 0 Å². The summed E-state index contributed by atoms with van der Waals surface area (Å²) in [6.07, 6.45) is 1.94. The smallest absolute Gasteiger partial charge is 0.125 e. The Labute approximate surface area is 134 Å². The average Bonchev–Trinajstić information content (AvgIpc) is 2.93. The topological polar surface area (TPSA) is 21.3 Å². The van der Waals surface area contributed by atoms with Gasteiger partial charge in [-0.3, -0.25) is 0 Å². The summed E-state index contributed by atoms with van der Waals surface area (Å²) in [7, 11) is 2.02. The Morgan fingerprint density at radius 1 is 1.29 bits per heavy atom. The Morgan fingerprint density at radius 2 is 2.10 bits per heavy atom. The largest absolute Gasteiger partial charge is 0.493 e. The molecule has 1 aliphatic heterocycles. The maximum Gasteiger partial charge on any atom is 0.125 e. The SMILES string of the molecule is CNC(Cc1cc(Br)cc2c1OCC2)c1ccccc1C. The first-order valence-corrected chi connectivity index (χ1v) is 8.15. The average molecular weight is 346 g/mol. The van der Waals surface area contributed by atoms with Crippen molar-refractivity contribution < 1.29 is 4.74 Å². The molecular weight excluding hydrogens is 326 g/mol. The minimum Gasteiger partial charge on any atom is -0.493 e. The lowest BCUT2D eigenvalue weighted by molar-refractivity contribution is 0.352. The van der Waals surface area contributed by atoms with Crippen LogP contribution in [0.3, 0.4) is 0 Å². The molecule has 0 aliphatic carbocycles. The monoisotopic (exact) mass is 345 g/mol. The minimum absolute atomic E-state index is 0.300. The first-order chi connectivity index (χ1) is 10.2. The highest BCUT2D eigenvalue weighted by Crippen LogP contribution is 2.35. The second kappa shape index (κ2) is 6.20. The number of rotatable bonds is 4. The Kier molecular flexibility index (Phi) is 4.32. The fourth-order valence-corrected chi connectivity index (χ4v) is 3.62. The molecule has 0 radical (unpaired) electrons. The molecule has 0 saturated heterocycles. The number of hydrogen-bond acceptors (Lipinski definition) is 2. The van der Waals surface area contributed by atoms with Gasteiger partial charge in [-0.1, -0.05) is 40.2 Å². The molecule has 2 aromatic rings. The third kappa shape index (κ3) is 2.99. The van der Waals surface area contributed by atoms with Crippen molar-refractivity contribution in [3.8, 4) is 5.75 Å². The Bertz CT molecular complexity index is 654. The number of benzene rings is 2. The van der Waals surface area contributed by atoms with Crippen molar-refractivity contribution in [2.45, 2.75) is 25.8 Å². The standard InChI is InChI=1S/C18H20BrNO/c1-12-5-3-4-6-16(12)17(20-2)11-14-10-15(19)9-13-7-8-21-18(13)14/h3-6,9-10,17,20H,7-8,11H2,1-2H3. The third-order valence-corrected chi connectivity index (χ3v) is 4.62. The van der Waals surface area contributed by atoms with E-state index >= 15 is 0 Å². The summed E-state index contributed by atoms with van der Waals surface area (Å²) in [6, 6.07) is 13.2. The molecule has 0 spiro atoms. The van der Waals surface area contributed by atoms with E-state index in [9.17, 15) is 0 Å². The van der Waals surface area contributed by atoms with E-state index in [-0.39, 0.29) is 0 Å². The maximum atomic E-state index is 5.85. The van der Waals surface area contributed by atoms with Crippen LogP contribution in [-0.4, -0.2) is 13.7 Å². The summed E-state index contributed by atoms with van der Waals surface area (Å²) < 4.78 is 6.99. The highest BCUT2D eigenvalue weighted by atomic mass is 79.9. The Morgan fingerprint density at radius 3 is 2.86 bits per heavy atom. The summed E-state index contributed by atoms with van der Waals surface area (Å²) >= 11 is 3.62. The zero-order chi connectivity index (χ0) is 14.8. The van der Waals surface area contributed by atoms with Crippen LogP contribution in [0.4, 0.5) is 0 Å². The molecule has 3 heteroatoms. The number of aryl methyl sites for hydroxylation is 1. The van der Waals surface area contributed by atoms with E-state index in [1.807, 2.05) is 7.05 Å². The van der Waals surface area contributed by atoms with Crippen LogP contribution in [-0.2, 0) is 12.8 Å². The summed E-state index contributed by atoms with van der Waals surface area (Å²) in [6.45, 7) is 2.97. The van der Waals surface area contributed by atoms with E-state index in [1.165, 1.54) is 22.3 Å². The van der Waals surface area contributed by atoms with Gasteiger partial charge in [0, 0.05) is 16.9 Å². The molecule has 0 saturated carbocycles. The highest BCUT2D eigenvalue weighted by molar-refractivity contribution is 9.10. The summed E-state index contributed by atoms with van der Waals surface area (Å²) in [4.78, 5) is 0. The van der Waals surface area contributed by atoms with Crippen molar-refractivity contribution in [3.63, 3.8) is 0 Å². The van der Waals surface area contributed by atoms with Gasteiger partial charge in [-0.15, -0.1) is 0 Å². The maximum absolute atomic E-state index is 5.85. The molecule has 1 heterocycles. The molecule has 2 nitrogen and oxygen atoms in total. The lowest BCUT2D eigenvalue weighted by Gasteiger charge is -2.20. The Hall–Kier alpha value is -1.32. The van der Waals surface area contributed by atoms with E-state index < -0.39 is 0 Å². The molecule has 1 N–H and O–H groups in total. The predicted octanol–water partition coefficient (Wildman–Crippen LogP) is 4.20. The van der Waals surface area contributed by atoms with Gasteiger partial charge in [-0.05, 0) is 54.8 Å². The molecule has 1 unspecified atom stereocenters. The number of hydrogen-bond donors (Lipinski definition) is 1. The van der Waals surface area contributed by atoms with Crippen LogP contribution in [0.1, 0.15) is 28.3 Å². The fraction of sp³-hybridized carbons (Fsp3) is 0.333. The molecule has 0 bridgehead atoms.